The number of anilines is 4. The van der Waals surface area contributed by atoms with Gasteiger partial charge in [0.15, 0.2) is 5.82 Å². The van der Waals surface area contributed by atoms with Crippen LogP contribution >= 0.6 is 23.4 Å². The zero-order chi connectivity index (χ0) is 39.3. The second kappa shape index (κ2) is 14.9. The number of aromatic nitrogens is 8. The molecule has 6 aromatic rings. The Morgan fingerprint density at radius 3 is 2.48 bits per heavy atom. The number of piperidine rings is 1. The maximum absolute atomic E-state index is 14.1. The van der Waals surface area contributed by atoms with Gasteiger partial charge < -0.3 is 32.2 Å². The van der Waals surface area contributed by atoms with Crippen LogP contribution in [-0.2, 0) is 11.8 Å². The minimum atomic E-state index is -0.535. The van der Waals surface area contributed by atoms with Crippen molar-refractivity contribution in [3.8, 4) is 0 Å². The van der Waals surface area contributed by atoms with Gasteiger partial charge in [0, 0.05) is 53.8 Å². The number of hydrogen-bond donors (Lipinski definition) is 5. The molecule has 4 aromatic heterocycles. The van der Waals surface area contributed by atoms with Crippen molar-refractivity contribution < 1.29 is 13.5 Å². The molecule has 3 aliphatic rings. The Kier molecular flexibility index (Phi) is 9.98. The van der Waals surface area contributed by atoms with E-state index in [-0.39, 0.29) is 34.6 Å². The lowest BCUT2D eigenvalue weighted by Crippen LogP contribution is -2.50. The van der Waals surface area contributed by atoms with E-state index in [9.17, 15) is 13.6 Å². The molecule has 8 N–H and O–H groups in total. The number of nitrogens with one attached hydrogen (secondary N) is 2. The quantitative estimate of drug-likeness (QED) is 0.158. The molecule has 2 saturated heterocycles. The van der Waals surface area contributed by atoms with E-state index >= 15 is 0 Å². The van der Waals surface area contributed by atoms with Crippen LogP contribution < -0.4 is 33.0 Å². The fourth-order valence-electron chi connectivity index (χ4n) is 7.73. The van der Waals surface area contributed by atoms with Gasteiger partial charge in [-0.25, -0.2) is 33.8 Å². The van der Waals surface area contributed by atoms with Gasteiger partial charge in [0.25, 0.3) is 5.56 Å². The van der Waals surface area contributed by atoms with Crippen molar-refractivity contribution in [2.45, 2.75) is 53.8 Å². The van der Waals surface area contributed by atoms with Crippen LogP contribution in [0.3, 0.4) is 0 Å². The van der Waals surface area contributed by atoms with Crippen molar-refractivity contribution in [2.24, 2.45) is 18.2 Å². The van der Waals surface area contributed by atoms with Crippen molar-refractivity contribution in [2.75, 3.05) is 41.4 Å². The molecule has 15 nitrogen and oxygen atoms in total. The van der Waals surface area contributed by atoms with E-state index in [1.165, 1.54) is 42.4 Å². The number of pyridine rings is 1. The summed E-state index contributed by atoms with van der Waals surface area (Å²) in [4.78, 5) is 32.6. The minimum absolute atomic E-state index is 0.0721. The molecule has 4 atom stereocenters. The Hall–Kier alpha value is -5.43. The molecule has 0 bridgehead atoms. The first-order chi connectivity index (χ1) is 26.9. The SMILES string of the molecule is CC1OCC2(CCN(c3cnc(Sc4ccnc(N)c4Cl)c(N)n3)CC2)C1N.Cn1ncnc1[C@H]1c2n[nH]c(=O)c3cc(F)cc(c23)N[C@@H]1c1ccc(F)cc1. The van der Waals surface area contributed by atoms with Crippen molar-refractivity contribution in [3.05, 3.63) is 105 Å². The summed E-state index contributed by atoms with van der Waals surface area (Å²) in [5, 5.41) is 15.9. The molecule has 0 aliphatic carbocycles. The van der Waals surface area contributed by atoms with Crippen LogP contribution in [-0.4, -0.2) is 71.8 Å². The molecular formula is C37H38ClF2N13O2S. The Morgan fingerprint density at radius 2 is 1.80 bits per heavy atom. The Labute approximate surface area is 328 Å². The van der Waals surface area contributed by atoms with Crippen LogP contribution in [0.15, 0.2) is 75.9 Å². The summed E-state index contributed by atoms with van der Waals surface area (Å²) in [5.74, 6) is 0.702. The molecule has 2 unspecified atom stereocenters. The number of nitrogen functional groups attached to an aromatic ring is 2. The lowest BCUT2D eigenvalue weighted by molar-refractivity contribution is 0.0974. The molecule has 9 rings (SSSR count). The first kappa shape index (κ1) is 37.5. The standard InChI is InChI=1S/C19H14F2N6O.C18H24ClN7OS/c1-27-18(22-8-23-27)15-16(9-2-4-10(20)5-3-9)24-13-7-11(21)6-12-14(13)17(15)25-26-19(12)28;1-10-14(20)18(9-27-10)3-6-26(7-4-18)12-8-24-17(16(22)25-12)28-11-2-5-23-15(21)13(11)19/h2-8,15-16,24H,1H3,(H,26,28);2,5,8,10,14H,3-4,6-7,9,20H2,1H3,(H2,21,23)(H2,22,25)/t15-,16-;/m1./s1. The first-order valence-electron chi connectivity index (χ1n) is 17.8. The molecule has 0 saturated carbocycles. The van der Waals surface area contributed by atoms with E-state index in [1.54, 1.807) is 42.3 Å². The van der Waals surface area contributed by atoms with Gasteiger partial charge in [-0.1, -0.05) is 35.5 Å². The monoisotopic (exact) mass is 801 g/mol. The summed E-state index contributed by atoms with van der Waals surface area (Å²) < 4.78 is 35.0. The third-order valence-electron chi connectivity index (χ3n) is 10.8. The van der Waals surface area contributed by atoms with Gasteiger partial charge in [-0.3, -0.25) is 9.48 Å². The summed E-state index contributed by atoms with van der Waals surface area (Å²) >= 11 is 7.53. The minimum Gasteiger partial charge on any atom is -0.382 e. The lowest BCUT2D eigenvalue weighted by atomic mass is 9.73. The van der Waals surface area contributed by atoms with Crippen molar-refractivity contribution >= 4 is 57.3 Å². The van der Waals surface area contributed by atoms with E-state index < -0.39 is 23.3 Å². The fourth-order valence-corrected chi connectivity index (χ4v) is 8.75. The summed E-state index contributed by atoms with van der Waals surface area (Å²) in [6.45, 7) is 4.51. The van der Waals surface area contributed by atoms with Crippen molar-refractivity contribution in [1.29, 1.82) is 0 Å². The third-order valence-corrected chi connectivity index (χ3v) is 12.4. The largest absolute Gasteiger partial charge is 0.382 e. The number of aryl methyl sites for hydroxylation is 1. The molecule has 2 fully saturated rings. The van der Waals surface area contributed by atoms with E-state index in [0.29, 0.717) is 38.5 Å². The Bertz CT molecular complexity index is 2480. The fraction of sp³-hybridized carbons (Fsp3) is 0.324. The lowest BCUT2D eigenvalue weighted by Gasteiger charge is -2.41. The first-order valence-corrected chi connectivity index (χ1v) is 19.0. The number of ether oxygens (including phenoxy) is 1. The molecule has 0 amide bonds. The predicted octanol–water partition coefficient (Wildman–Crippen LogP) is 4.80. The number of nitrogens with zero attached hydrogens (tertiary/aromatic N) is 8. The van der Waals surface area contributed by atoms with E-state index in [0.717, 1.165) is 48.8 Å². The number of halogens is 3. The number of aromatic amines is 1. The van der Waals surface area contributed by atoms with Gasteiger partial charge in [-0.15, -0.1) is 0 Å². The third kappa shape index (κ3) is 6.86. The highest BCUT2D eigenvalue weighted by Crippen LogP contribution is 2.46. The molecule has 56 heavy (non-hydrogen) atoms. The summed E-state index contributed by atoms with van der Waals surface area (Å²) in [6, 6.07) is 10.0. The van der Waals surface area contributed by atoms with Crippen molar-refractivity contribution in [3.63, 3.8) is 0 Å². The van der Waals surface area contributed by atoms with Gasteiger partial charge in [0.1, 0.15) is 40.4 Å². The highest BCUT2D eigenvalue weighted by molar-refractivity contribution is 7.99. The number of benzene rings is 2. The highest BCUT2D eigenvalue weighted by Gasteiger charge is 2.47. The van der Waals surface area contributed by atoms with Gasteiger partial charge in [0.05, 0.1) is 47.0 Å². The van der Waals surface area contributed by atoms with Gasteiger partial charge >= 0.3 is 0 Å². The molecule has 0 radical (unpaired) electrons. The molecule has 2 aromatic carbocycles. The van der Waals surface area contributed by atoms with Gasteiger partial charge in [-0.2, -0.15) is 10.2 Å². The van der Waals surface area contributed by atoms with Crippen LogP contribution in [0.5, 0.6) is 0 Å². The van der Waals surface area contributed by atoms with E-state index in [2.05, 4.69) is 52.4 Å². The molecule has 3 aliphatic heterocycles. The second-order valence-electron chi connectivity index (χ2n) is 14.1. The maximum Gasteiger partial charge on any atom is 0.272 e. The number of hydrogen-bond acceptors (Lipinski definition) is 14. The Balaban J connectivity index is 0.000000157. The predicted molar refractivity (Wildman–Crippen MR) is 209 cm³/mol. The van der Waals surface area contributed by atoms with Crippen LogP contribution in [0, 0.1) is 17.0 Å². The normalized spacial score (nSPS) is 21.1. The Morgan fingerprint density at radius 1 is 1.04 bits per heavy atom. The zero-order valence-corrected chi connectivity index (χ0v) is 31.9. The average molecular weight is 802 g/mol. The molecule has 1 spiro atoms. The highest BCUT2D eigenvalue weighted by atomic mass is 35.5. The summed E-state index contributed by atoms with van der Waals surface area (Å²) in [5.41, 5.74) is 19.7. The van der Waals surface area contributed by atoms with Crippen LogP contribution in [0.2, 0.25) is 5.02 Å². The number of nitrogens with two attached hydrogens (primary N) is 3. The number of rotatable bonds is 5. The smallest absolute Gasteiger partial charge is 0.272 e. The molecule has 19 heteroatoms. The molecule has 7 heterocycles. The van der Waals surface area contributed by atoms with Crippen LogP contribution in [0.4, 0.5) is 31.9 Å². The van der Waals surface area contributed by atoms with E-state index in [1.807, 2.05) is 0 Å². The van der Waals surface area contributed by atoms with Gasteiger partial charge in [0.2, 0.25) is 0 Å². The maximum atomic E-state index is 14.1. The number of H-pyrrole nitrogens is 1. The average Bonchev–Trinajstić information content (AvgIpc) is 3.73. The van der Waals surface area contributed by atoms with Gasteiger partial charge in [-0.05, 0) is 55.7 Å². The topological polar surface area (TPSA) is 218 Å². The van der Waals surface area contributed by atoms with Crippen molar-refractivity contribution in [1.82, 2.24) is 39.9 Å². The zero-order valence-electron chi connectivity index (χ0n) is 30.3. The van der Waals surface area contributed by atoms with Crippen LogP contribution in [0.25, 0.3) is 10.8 Å². The summed E-state index contributed by atoms with van der Waals surface area (Å²) in [7, 11) is 1.76. The second-order valence-corrected chi connectivity index (χ2v) is 15.5. The summed E-state index contributed by atoms with van der Waals surface area (Å²) in [6.07, 6.45) is 6.85. The van der Waals surface area contributed by atoms with E-state index in [4.69, 9.17) is 33.5 Å². The molecule has 290 valence electrons. The van der Waals surface area contributed by atoms with Crippen LogP contribution in [0.1, 0.15) is 48.8 Å². The molecular weight excluding hydrogens is 764 g/mol.